The summed E-state index contributed by atoms with van der Waals surface area (Å²) in [6, 6.07) is 6.99. The molecule has 158 valence electrons. The van der Waals surface area contributed by atoms with Crippen LogP contribution in [-0.4, -0.2) is 40.7 Å². The summed E-state index contributed by atoms with van der Waals surface area (Å²) in [6.45, 7) is -0.532. The Hall–Kier alpha value is -1.70. The van der Waals surface area contributed by atoms with Crippen LogP contribution in [0.2, 0.25) is 0 Å². The Kier molecular flexibility index (Phi) is 6.22. The van der Waals surface area contributed by atoms with E-state index in [1.54, 1.807) is 6.07 Å². The van der Waals surface area contributed by atoms with Crippen molar-refractivity contribution in [3.8, 4) is 0 Å². The summed E-state index contributed by atoms with van der Waals surface area (Å²) in [5.41, 5.74) is -0.239. The first-order valence-corrected chi connectivity index (χ1v) is 11.4. The average Bonchev–Trinajstić information content (AvgIpc) is 3.44. The molecule has 1 aliphatic carbocycles. The maximum absolute atomic E-state index is 14.3. The Morgan fingerprint density at radius 2 is 1.93 bits per heavy atom. The van der Waals surface area contributed by atoms with Crippen molar-refractivity contribution >= 4 is 49.8 Å². The highest BCUT2D eigenvalue weighted by Crippen LogP contribution is 2.48. The molecular formula is C18H21FIN3O5S. The van der Waals surface area contributed by atoms with Gasteiger partial charge >= 0.3 is 0 Å². The van der Waals surface area contributed by atoms with Crippen molar-refractivity contribution in [2.75, 3.05) is 16.6 Å². The van der Waals surface area contributed by atoms with E-state index in [0.717, 1.165) is 0 Å². The first-order valence-electron chi connectivity index (χ1n) is 8.82. The monoisotopic (exact) mass is 537 g/mol. The van der Waals surface area contributed by atoms with Crippen molar-refractivity contribution in [2.45, 2.75) is 30.1 Å². The number of rotatable bonds is 8. The van der Waals surface area contributed by atoms with Gasteiger partial charge in [0.25, 0.3) is 5.56 Å². The second-order valence-corrected chi connectivity index (χ2v) is 10.4. The van der Waals surface area contributed by atoms with Crippen LogP contribution >= 0.6 is 22.6 Å². The number of nitrogens with zero attached hydrogens (tertiary/aromatic N) is 1. The Bertz CT molecular complexity index is 1090. The fraction of sp³-hybridized carbons (Fsp3) is 0.389. The van der Waals surface area contributed by atoms with Crippen molar-refractivity contribution < 1.29 is 23.0 Å². The summed E-state index contributed by atoms with van der Waals surface area (Å²) < 4.78 is 43.3. The highest BCUT2D eigenvalue weighted by molar-refractivity contribution is 14.1. The Morgan fingerprint density at radius 1 is 1.28 bits per heavy atom. The predicted octanol–water partition coefficient (Wildman–Crippen LogP) is 1.89. The number of halogens is 2. The topological polar surface area (TPSA) is 121 Å². The van der Waals surface area contributed by atoms with Gasteiger partial charge in [0.15, 0.2) is 0 Å². The quantitative estimate of drug-likeness (QED) is 0.382. The molecule has 8 nitrogen and oxygen atoms in total. The van der Waals surface area contributed by atoms with Crippen LogP contribution in [0.3, 0.4) is 0 Å². The number of pyridine rings is 1. The van der Waals surface area contributed by atoms with E-state index in [1.807, 2.05) is 22.6 Å². The van der Waals surface area contributed by atoms with Crippen LogP contribution in [0.1, 0.15) is 19.3 Å². The largest absolute Gasteiger partial charge is 0.394 e. The lowest BCUT2D eigenvalue weighted by Crippen LogP contribution is -2.35. The second kappa shape index (κ2) is 8.20. The average molecular weight is 537 g/mol. The molecule has 0 aliphatic heterocycles. The van der Waals surface area contributed by atoms with Crippen LogP contribution in [0.5, 0.6) is 0 Å². The number of anilines is 3. The first-order chi connectivity index (χ1) is 13.6. The number of benzene rings is 1. The van der Waals surface area contributed by atoms with Gasteiger partial charge in [-0.2, -0.15) is 0 Å². The smallest absolute Gasteiger partial charge is 0.251 e. The minimum atomic E-state index is -3.94. The molecule has 1 atom stereocenters. The van der Waals surface area contributed by atoms with Gasteiger partial charge in [-0.1, -0.05) is 0 Å². The lowest BCUT2D eigenvalue weighted by atomic mass is 10.2. The fourth-order valence-corrected chi connectivity index (χ4v) is 5.23. The highest BCUT2D eigenvalue weighted by atomic mass is 127. The third-order valence-electron chi connectivity index (χ3n) is 4.94. The predicted molar refractivity (Wildman–Crippen MR) is 116 cm³/mol. The number of aromatic nitrogens is 1. The molecule has 0 amide bonds. The molecule has 29 heavy (non-hydrogen) atoms. The zero-order chi connectivity index (χ0) is 21.4. The summed E-state index contributed by atoms with van der Waals surface area (Å²) in [5.74, 6) is -0.466. The fourth-order valence-electron chi connectivity index (χ4n) is 3.06. The van der Waals surface area contributed by atoms with Crippen molar-refractivity contribution in [1.29, 1.82) is 0 Å². The molecular weight excluding hydrogens is 516 g/mol. The summed E-state index contributed by atoms with van der Waals surface area (Å²) in [6.07, 6.45) is -0.550. The third kappa shape index (κ3) is 4.57. The van der Waals surface area contributed by atoms with Crippen molar-refractivity contribution in [2.24, 2.45) is 7.05 Å². The first kappa shape index (κ1) is 22.0. The van der Waals surface area contributed by atoms with Crippen LogP contribution in [0.25, 0.3) is 0 Å². The van der Waals surface area contributed by atoms with Gasteiger partial charge in [0.1, 0.15) is 11.6 Å². The standard InChI is InChI=1S/C18H21FIN3O5S/c1-23-16(26)5-4-15(17(23)21-14-3-2-11(20)8-13(14)19)22-29(27,28)18(6-7-18)9-12(25)10-24/h2-5,8,12,21-22,24-25H,6-7,9-10H2,1H3. The Balaban J connectivity index is 1.96. The molecule has 1 fully saturated rings. The number of aliphatic hydroxyl groups is 2. The number of sulfonamides is 1. The molecule has 1 heterocycles. The Morgan fingerprint density at radius 3 is 2.52 bits per heavy atom. The van der Waals surface area contributed by atoms with Gasteiger partial charge < -0.3 is 15.5 Å². The molecule has 1 aliphatic rings. The van der Waals surface area contributed by atoms with Gasteiger partial charge in [0.05, 0.1) is 28.8 Å². The molecule has 4 N–H and O–H groups in total. The summed E-state index contributed by atoms with van der Waals surface area (Å²) in [7, 11) is -2.50. The summed E-state index contributed by atoms with van der Waals surface area (Å²) in [4.78, 5) is 12.1. The van der Waals surface area contributed by atoms with Crippen molar-refractivity contribution in [3.63, 3.8) is 0 Å². The number of hydrogen-bond acceptors (Lipinski definition) is 6. The molecule has 3 rings (SSSR count). The molecule has 1 unspecified atom stereocenters. The van der Waals surface area contributed by atoms with Gasteiger partial charge in [-0.3, -0.25) is 14.1 Å². The molecule has 1 aromatic carbocycles. The van der Waals surface area contributed by atoms with E-state index in [2.05, 4.69) is 10.0 Å². The summed E-state index contributed by atoms with van der Waals surface area (Å²) in [5, 5.41) is 21.5. The number of nitrogens with one attached hydrogen (secondary N) is 2. The van der Waals surface area contributed by atoms with E-state index in [0.29, 0.717) is 16.4 Å². The van der Waals surface area contributed by atoms with Crippen molar-refractivity contribution in [1.82, 2.24) is 4.57 Å². The molecule has 0 saturated heterocycles. The van der Waals surface area contributed by atoms with Crippen LogP contribution in [0, 0.1) is 9.39 Å². The Labute approximate surface area is 181 Å². The zero-order valence-electron chi connectivity index (χ0n) is 15.5. The third-order valence-corrected chi connectivity index (χ3v) is 7.81. The van der Waals surface area contributed by atoms with Crippen LogP contribution in [0.4, 0.5) is 21.6 Å². The maximum Gasteiger partial charge on any atom is 0.251 e. The van der Waals surface area contributed by atoms with Crippen LogP contribution < -0.4 is 15.6 Å². The van der Waals surface area contributed by atoms with Gasteiger partial charge in [-0.25, -0.2) is 12.8 Å². The molecule has 1 saturated carbocycles. The van der Waals surface area contributed by atoms with Crippen LogP contribution in [-0.2, 0) is 17.1 Å². The minimum absolute atomic E-state index is 0.0785. The van der Waals surface area contributed by atoms with E-state index in [4.69, 9.17) is 5.11 Å². The summed E-state index contributed by atoms with van der Waals surface area (Å²) >= 11 is 1.96. The number of aliphatic hydroxyl groups excluding tert-OH is 2. The van der Waals surface area contributed by atoms with Gasteiger partial charge in [0.2, 0.25) is 10.0 Å². The molecule has 0 radical (unpaired) electrons. The molecule has 0 bridgehead atoms. The zero-order valence-corrected chi connectivity index (χ0v) is 18.5. The molecule has 2 aromatic rings. The minimum Gasteiger partial charge on any atom is -0.394 e. The van der Waals surface area contributed by atoms with E-state index in [1.165, 1.54) is 35.9 Å². The van der Waals surface area contributed by atoms with Gasteiger partial charge in [0, 0.05) is 16.7 Å². The van der Waals surface area contributed by atoms with E-state index < -0.39 is 38.9 Å². The van der Waals surface area contributed by atoms with Crippen molar-refractivity contribution in [3.05, 3.63) is 50.1 Å². The highest BCUT2D eigenvalue weighted by Gasteiger charge is 2.55. The second-order valence-electron chi connectivity index (χ2n) is 7.07. The molecule has 11 heteroatoms. The normalized spacial score (nSPS) is 16.3. The SMILES string of the molecule is Cn1c(Nc2ccc(I)cc2F)c(NS(=O)(=O)C2(CC(O)CO)CC2)ccc1=O. The molecule has 1 aromatic heterocycles. The van der Waals surface area contributed by atoms with E-state index in [-0.39, 0.29) is 23.6 Å². The van der Waals surface area contributed by atoms with Gasteiger partial charge in [-0.05, 0) is 66.1 Å². The molecule has 0 spiro atoms. The number of hydrogen-bond donors (Lipinski definition) is 4. The lowest BCUT2D eigenvalue weighted by Gasteiger charge is -2.22. The van der Waals surface area contributed by atoms with E-state index >= 15 is 0 Å². The maximum atomic E-state index is 14.3. The van der Waals surface area contributed by atoms with Gasteiger partial charge in [-0.15, -0.1) is 0 Å². The van der Waals surface area contributed by atoms with Crippen LogP contribution in [0.15, 0.2) is 35.1 Å². The lowest BCUT2D eigenvalue weighted by molar-refractivity contribution is 0.0858. The van der Waals surface area contributed by atoms with E-state index in [9.17, 15) is 22.7 Å².